The topological polar surface area (TPSA) is 78.1 Å². The maximum absolute atomic E-state index is 14.5. The molecule has 0 saturated heterocycles. The minimum absolute atomic E-state index is 0.0722. The quantitative estimate of drug-likeness (QED) is 0.812. The van der Waals surface area contributed by atoms with Crippen LogP contribution in [0.2, 0.25) is 0 Å². The van der Waals surface area contributed by atoms with Crippen molar-refractivity contribution >= 4 is 11.9 Å². The molecule has 0 aliphatic heterocycles. The summed E-state index contributed by atoms with van der Waals surface area (Å²) >= 11 is 0. The molecule has 2 N–H and O–H groups in total. The summed E-state index contributed by atoms with van der Waals surface area (Å²) in [6.07, 6.45) is -2.80. The fourth-order valence-corrected chi connectivity index (χ4v) is 2.65. The van der Waals surface area contributed by atoms with Gasteiger partial charge in [0.1, 0.15) is 11.5 Å². The van der Waals surface area contributed by atoms with Crippen molar-refractivity contribution in [2.24, 2.45) is 5.41 Å². The lowest BCUT2D eigenvalue weighted by Gasteiger charge is -2.32. The minimum atomic E-state index is -2.80. The fourth-order valence-electron chi connectivity index (χ4n) is 2.65. The van der Waals surface area contributed by atoms with Crippen LogP contribution in [0.4, 0.5) is 19.1 Å². The molecule has 2 aromatic rings. The summed E-state index contributed by atoms with van der Waals surface area (Å²) in [5.41, 5.74) is -1.65. The van der Waals surface area contributed by atoms with Crippen LogP contribution in [0, 0.1) is 11.2 Å². The lowest BCUT2D eigenvalue weighted by atomic mass is 9.81. The van der Waals surface area contributed by atoms with Gasteiger partial charge in [0.15, 0.2) is 0 Å². The van der Waals surface area contributed by atoms with E-state index in [1.54, 1.807) is 34.9 Å². The molecule has 152 valence electrons. The maximum atomic E-state index is 14.5. The molecular weight excluding hydrogens is 373 g/mol. The van der Waals surface area contributed by atoms with Gasteiger partial charge in [-0.1, -0.05) is 32.9 Å². The summed E-state index contributed by atoms with van der Waals surface area (Å²) in [6, 6.07) is 3.34. The van der Waals surface area contributed by atoms with Crippen molar-refractivity contribution in [3.63, 3.8) is 0 Å². The Kier molecular flexibility index (Phi) is 6.16. The van der Waals surface area contributed by atoms with Crippen molar-refractivity contribution in [3.05, 3.63) is 57.3 Å². The van der Waals surface area contributed by atoms with Crippen LogP contribution in [0.5, 0.6) is 0 Å². The predicted molar refractivity (Wildman–Crippen MR) is 100 cm³/mol. The zero-order valence-corrected chi connectivity index (χ0v) is 16.3. The van der Waals surface area contributed by atoms with Crippen LogP contribution < -0.4 is 15.8 Å². The zero-order valence-electron chi connectivity index (χ0n) is 16.3. The number of nitrogens with one attached hydrogen (secondary N) is 2. The Balaban J connectivity index is 2.41. The molecule has 1 heterocycles. The normalized spacial score (nSPS) is 12.8. The molecule has 2 rings (SSSR count). The van der Waals surface area contributed by atoms with Crippen LogP contribution in [-0.4, -0.2) is 30.0 Å². The van der Waals surface area contributed by atoms with Crippen LogP contribution in [0.1, 0.15) is 54.9 Å². The third kappa shape index (κ3) is 4.90. The molecule has 6 nitrogen and oxygen atoms in total. The van der Waals surface area contributed by atoms with Crippen LogP contribution in [0.15, 0.2) is 29.1 Å². The Morgan fingerprint density at radius 1 is 1.21 bits per heavy atom. The van der Waals surface area contributed by atoms with Gasteiger partial charge in [-0.25, -0.2) is 18.2 Å². The number of aromatic nitrogens is 2. The van der Waals surface area contributed by atoms with Crippen molar-refractivity contribution in [3.8, 4) is 0 Å². The third-order valence-corrected chi connectivity index (χ3v) is 4.11. The fraction of sp³-hybridized carbons (Fsp3) is 0.421. The van der Waals surface area contributed by atoms with Crippen LogP contribution in [0.3, 0.4) is 0 Å². The SMILES string of the molecule is CN(C)c1nc(C(=O)NC(c2ccc(C(F)F)cc2F)C(C)(C)C)cc(=O)[nH]1. The number of halogens is 3. The lowest BCUT2D eigenvalue weighted by molar-refractivity contribution is 0.0894. The van der Waals surface area contributed by atoms with Gasteiger partial charge >= 0.3 is 0 Å². The number of hydrogen-bond donors (Lipinski definition) is 2. The van der Waals surface area contributed by atoms with Gasteiger partial charge in [-0.3, -0.25) is 14.6 Å². The number of nitrogens with zero attached hydrogens (tertiary/aromatic N) is 2. The van der Waals surface area contributed by atoms with E-state index in [1.165, 1.54) is 11.0 Å². The highest BCUT2D eigenvalue weighted by Crippen LogP contribution is 2.35. The predicted octanol–water partition coefficient (Wildman–Crippen LogP) is 3.43. The second-order valence-corrected chi connectivity index (χ2v) is 7.70. The summed E-state index contributed by atoms with van der Waals surface area (Å²) in [5.74, 6) is -1.32. The van der Waals surface area contributed by atoms with Gasteiger partial charge in [-0.15, -0.1) is 0 Å². The van der Waals surface area contributed by atoms with Crippen molar-refractivity contribution in [2.45, 2.75) is 33.2 Å². The molecule has 28 heavy (non-hydrogen) atoms. The smallest absolute Gasteiger partial charge is 0.270 e. The number of benzene rings is 1. The molecular formula is C19H23F3N4O2. The summed E-state index contributed by atoms with van der Waals surface area (Å²) in [7, 11) is 3.30. The molecule has 0 radical (unpaired) electrons. The monoisotopic (exact) mass is 396 g/mol. The lowest BCUT2D eigenvalue weighted by Crippen LogP contribution is -2.38. The van der Waals surface area contributed by atoms with E-state index in [-0.39, 0.29) is 17.2 Å². The number of hydrogen-bond acceptors (Lipinski definition) is 4. The molecule has 1 atom stereocenters. The highest BCUT2D eigenvalue weighted by atomic mass is 19.3. The average Bonchev–Trinajstić information content (AvgIpc) is 2.58. The molecule has 1 aromatic carbocycles. The van der Waals surface area contributed by atoms with E-state index < -0.39 is 40.7 Å². The van der Waals surface area contributed by atoms with Gasteiger partial charge in [0.2, 0.25) is 5.95 Å². The number of amides is 1. The van der Waals surface area contributed by atoms with Crippen molar-refractivity contribution in [2.75, 3.05) is 19.0 Å². The molecule has 0 saturated carbocycles. The van der Waals surface area contributed by atoms with Crippen molar-refractivity contribution in [1.82, 2.24) is 15.3 Å². The third-order valence-electron chi connectivity index (χ3n) is 4.11. The van der Waals surface area contributed by atoms with E-state index in [4.69, 9.17) is 0 Å². The summed E-state index contributed by atoms with van der Waals surface area (Å²) in [6.45, 7) is 5.32. The highest BCUT2D eigenvalue weighted by Gasteiger charge is 2.31. The number of carbonyl (C=O) groups excluding carboxylic acids is 1. The molecule has 0 aliphatic rings. The van der Waals surface area contributed by atoms with E-state index in [9.17, 15) is 22.8 Å². The van der Waals surface area contributed by atoms with E-state index in [1.807, 2.05) is 0 Å². The molecule has 0 aliphatic carbocycles. The number of H-pyrrole nitrogens is 1. The van der Waals surface area contributed by atoms with Gasteiger partial charge in [-0.2, -0.15) is 0 Å². The highest BCUT2D eigenvalue weighted by molar-refractivity contribution is 5.92. The molecule has 0 bridgehead atoms. The Bertz CT molecular complexity index is 920. The summed E-state index contributed by atoms with van der Waals surface area (Å²) in [5, 5.41) is 2.67. The van der Waals surface area contributed by atoms with Crippen molar-refractivity contribution in [1.29, 1.82) is 0 Å². The molecule has 1 aromatic heterocycles. The number of anilines is 1. The molecule has 9 heteroatoms. The zero-order chi connectivity index (χ0) is 21.2. The summed E-state index contributed by atoms with van der Waals surface area (Å²) < 4.78 is 40.1. The van der Waals surface area contributed by atoms with Gasteiger partial charge < -0.3 is 10.2 Å². The van der Waals surface area contributed by atoms with Gasteiger partial charge in [0.25, 0.3) is 17.9 Å². The van der Waals surface area contributed by atoms with Crippen LogP contribution >= 0.6 is 0 Å². The molecule has 0 fully saturated rings. The largest absolute Gasteiger partial charge is 0.348 e. The van der Waals surface area contributed by atoms with Crippen molar-refractivity contribution < 1.29 is 18.0 Å². The Hall–Kier alpha value is -2.84. The van der Waals surface area contributed by atoms with Gasteiger partial charge in [0.05, 0.1) is 6.04 Å². The van der Waals surface area contributed by atoms with Crippen LogP contribution in [0.25, 0.3) is 0 Å². The minimum Gasteiger partial charge on any atom is -0.348 e. The number of aromatic amines is 1. The Labute approximate surface area is 160 Å². The van der Waals surface area contributed by atoms with E-state index in [0.29, 0.717) is 0 Å². The first-order valence-corrected chi connectivity index (χ1v) is 8.57. The molecule has 1 amide bonds. The maximum Gasteiger partial charge on any atom is 0.270 e. The number of rotatable bonds is 5. The first kappa shape index (κ1) is 21.5. The van der Waals surface area contributed by atoms with E-state index >= 15 is 0 Å². The average molecular weight is 396 g/mol. The standard InChI is InChI=1S/C19H23F3N4O2/c1-19(2,3)15(11-7-6-10(16(21)22)8-12(11)20)25-17(28)13-9-14(27)24-18(23-13)26(4)5/h6-9,15-16H,1-5H3,(H,25,28)(H,23,24,27). The molecule has 0 spiro atoms. The number of alkyl halides is 2. The van der Waals surface area contributed by atoms with Crippen LogP contribution in [-0.2, 0) is 0 Å². The Morgan fingerprint density at radius 3 is 2.36 bits per heavy atom. The summed E-state index contributed by atoms with van der Waals surface area (Å²) in [4.78, 5) is 32.6. The first-order chi connectivity index (χ1) is 12.9. The molecule has 1 unspecified atom stereocenters. The first-order valence-electron chi connectivity index (χ1n) is 8.57. The second kappa shape index (κ2) is 8.04. The van der Waals surface area contributed by atoms with Gasteiger partial charge in [0, 0.05) is 31.3 Å². The van der Waals surface area contributed by atoms with E-state index in [0.717, 1.165) is 18.2 Å². The second-order valence-electron chi connectivity index (χ2n) is 7.70. The number of carbonyl (C=O) groups is 1. The van der Waals surface area contributed by atoms with Gasteiger partial charge in [-0.05, 0) is 11.5 Å². The Morgan fingerprint density at radius 2 is 1.86 bits per heavy atom. The van der Waals surface area contributed by atoms with E-state index in [2.05, 4.69) is 15.3 Å².